The van der Waals surface area contributed by atoms with E-state index in [2.05, 4.69) is 19.2 Å². The first-order valence-corrected chi connectivity index (χ1v) is 10.2. The highest BCUT2D eigenvalue weighted by Crippen LogP contribution is 2.33. The zero-order valence-corrected chi connectivity index (χ0v) is 18.4. The number of ether oxygens (including phenoxy) is 2. The van der Waals surface area contributed by atoms with Gasteiger partial charge in [-0.3, -0.25) is 4.79 Å². The Hall–Kier alpha value is -2.99. The van der Waals surface area contributed by atoms with E-state index in [0.717, 1.165) is 17.7 Å². The molecule has 0 saturated heterocycles. The zero-order chi connectivity index (χ0) is 21.7. The van der Waals surface area contributed by atoms with Crippen LogP contribution in [-0.2, 0) is 0 Å². The second-order valence-corrected chi connectivity index (χ2v) is 7.74. The van der Waals surface area contributed by atoms with E-state index in [4.69, 9.17) is 26.2 Å². The fourth-order valence-electron chi connectivity index (χ4n) is 3.03. The van der Waals surface area contributed by atoms with Crippen molar-refractivity contribution in [2.45, 2.75) is 20.3 Å². The molecule has 0 atom stereocenters. The number of rotatable bonds is 8. The van der Waals surface area contributed by atoms with Crippen molar-refractivity contribution in [1.29, 1.82) is 0 Å². The van der Waals surface area contributed by atoms with E-state index >= 15 is 0 Å². The van der Waals surface area contributed by atoms with E-state index in [1.807, 2.05) is 24.3 Å². The fraction of sp³-hybridized carbons (Fsp3) is 0.304. The van der Waals surface area contributed by atoms with Crippen LogP contribution in [0, 0.1) is 5.92 Å². The van der Waals surface area contributed by atoms with Gasteiger partial charge in [-0.05, 0) is 54.8 Å². The molecule has 6 nitrogen and oxygen atoms in total. The average Bonchev–Trinajstić information content (AvgIpc) is 3.18. The Morgan fingerprint density at radius 3 is 2.47 bits per heavy atom. The summed E-state index contributed by atoms with van der Waals surface area (Å²) >= 11 is 6.03. The molecule has 0 unspecified atom stereocenters. The molecule has 0 spiro atoms. The Balaban J connectivity index is 2.04. The van der Waals surface area contributed by atoms with Gasteiger partial charge in [0.2, 0.25) is 0 Å². The van der Waals surface area contributed by atoms with Crippen molar-refractivity contribution in [3.8, 4) is 28.4 Å². The molecule has 0 bridgehead atoms. The molecule has 0 aliphatic rings. The second-order valence-electron chi connectivity index (χ2n) is 7.31. The molecule has 1 aromatic heterocycles. The first-order valence-electron chi connectivity index (χ1n) is 9.79. The number of aromatic nitrogens is 2. The minimum Gasteiger partial charge on any atom is -0.497 e. The van der Waals surface area contributed by atoms with E-state index < -0.39 is 0 Å². The normalized spacial score (nSPS) is 10.9. The molecule has 3 rings (SSSR count). The number of nitrogens with zero attached hydrogens (tertiary/aromatic N) is 2. The average molecular weight is 428 g/mol. The molecule has 30 heavy (non-hydrogen) atoms. The quantitative estimate of drug-likeness (QED) is 0.550. The third-order valence-corrected chi connectivity index (χ3v) is 4.96. The summed E-state index contributed by atoms with van der Waals surface area (Å²) in [7, 11) is 3.19. The highest BCUT2D eigenvalue weighted by atomic mass is 35.5. The maximum atomic E-state index is 12.9. The first kappa shape index (κ1) is 21.7. The van der Waals surface area contributed by atoms with Crippen LogP contribution in [0.15, 0.2) is 48.5 Å². The first-order chi connectivity index (χ1) is 14.4. The zero-order valence-electron chi connectivity index (χ0n) is 17.6. The summed E-state index contributed by atoms with van der Waals surface area (Å²) in [5.74, 6) is 1.61. The molecule has 7 heteroatoms. The summed E-state index contributed by atoms with van der Waals surface area (Å²) in [4.78, 5) is 12.9. The number of benzene rings is 2. The Labute approximate surface area is 181 Å². The van der Waals surface area contributed by atoms with Crippen molar-refractivity contribution >= 4 is 17.5 Å². The Morgan fingerprint density at radius 2 is 1.83 bits per heavy atom. The van der Waals surface area contributed by atoms with Gasteiger partial charge in [-0.15, -0.1) is 0 Å². The van der Waals surface area contributed by atoms with Gasteiger partial charge in [0.25, 0.3) is 5.91 Å². The Bertz CT molecular complexity index is 1010. The molecule has 0 fully saturated rings. The molecule has 0 aliphatic carbocycles. The van der Waals surface area contributed by atoms with Gasteiger partial charge >= 0.3 is 0 Å². The van der Waals surface area contributed by atoms with E-state index in [1.54, 1.807) is 43.2 Å². The lowest BCUT2D eigenvalue weighted by atomic mass is 10.1. The summed E-state index contributed by atoms with van der Waals surface area (Å²) in [5.41, 5.74) is 2.57. The van der Waals surface area contributed by atoms with Gasteiger partial charge in [-0.25, -0.2) is 4.68 Å². The molecule has 3 aromatic rings. The highest BCUT2D eigenvalue weighted by molar-refractivity contribution is 6.30. The number of hydrogen-bond donors (Lipinski definition) is 1. The lowest BCUT2D eigenvalue weighted by Gasteiger charge is -2.09. The second kappa shape index (κ2) is 9.67. The molecule has 1 amide bonds. The Morgan fingerprint density at radius 1 is 1.10 bits per heavy atom. The third kappa shape index (κ3) is 4.94. The maximum absolute atomic E-state index is 12.9. The van der Waals surface area contributed by atoms with E-state index in [9.17, 15) is 4.79 Å². The van der Waals surface area contributed by atoms with Gasteiger partial charge in [0.15, 0.2) is 0 Å². The van der Waals surface area contributed by atoms with E-state index in [0.29, 0.717) is 40.4 Å². The van der Waals surface area contributed by atoms with Crippen LogP contribution in [0.5, 0.6) is 11.5 Å². The van der Waals surface area contributed by atoms with Crippen LogP contribution >= 0.6 is 11.6 Å². The van der Waals surface area contributed by atoms with E-state index in [1.165, 1.54) is 0 Å². The van der Waals surface area contributed by atoms with Crippen LogP contribution in [0.25, 0.3) is 16.9 Å². The lowest BCUT2D eigenvalue weighted by molar-refractivity contribution is 0.0944. The van der Waals surface area contributed by atoms with Crippen molar-refractivity contribution in [3.63, 3.8) is 0 Å². The Kier molecular flexibility index (Phi) is 7.00. The molecule has 0 saturated carbocycles. The largest absolute Gasteiger partial charge is 0.497 e. The highest BCUT2D eigenvalue weighted by Gasteiger charge is 2.20. The summed E-state index contributed by atoms with van der Waals surface area (Å²) in [5, 5.41) is 8.30. The predicted molar refractivity (Wildman–Crippen MR) is 119 cm³/mol. The fourth-order valence-corrected chi connectivity index (χ4v) is 3.15. The van der Waals surface area contributed by atoms with Crippen LogP contribution in [0.4, 0.5) is 0 Å². The summed E-state index contributed by atoms with van der Waals surface area (Å²) in [6.07, 6.45) is 0.903. The molecule has 1 heterocycles. The summed E-state index contributed by atoms with van der Waals surface area (Å²) in [6, 6.07) is 14.5. The van der Waals surface area contributed by atoms with Crippen molar-refractivity contribution < 1.29 is 14.3 Å². The standard InChI is InChI=1S/C23H26ClN3O3/c1-15(2)11-12-25-23(28)21-14-20(19-10-9-18(29-3)13-22(19)30-4)26-27(21)17-7-5-16(24)6-8-17/h5-10,13-15H,11-12H2,1-4H3,(H,25,28). The van der Waals surface area contributed by atoms with Crippen molar-refractivity contribution in [1.82, 2.24) is 15.1 Å². The van der Waals surface area contributed by atoms with Crippen LogP contribution in [-0.4, -0.2) is 36.5 Å². The predicted octanol–water partition coefficient (Wildman–Crippen LogP) is 4.99. The summed E-state index contributed by atoms with van der Waals surface area (Å²) < 4.78 is 12.4. The van der Waals surface area contributed by atoms with Crippen LogP contribution < -0.4 is 14.8 Å². The number of carbonyl (C=O) groups excluding carboxylic acids is 1. The molecular formula is C23H26ClN3O3. The molecular weight excluding hydrogens is 402 g/mol. The topological polar surface area (TPSA) is 65.4 Å². The minimum absolute atomic E-state index is 0.183. The van der Waals surface area contributed by atoms with Gasteiger partial charge in [0.05, 0.1) is 25.6 Å². The SMILES string of the molecule is COc1ccc(-c2cc(C(=O)NCCC(C)C)n(-c3ccc(Cl)cc3)n2)c(OC)c1. The van der Waals surface area contributed by atoms with Crippen molar-refractivity contribution in [2.24, 2.45) is 5.92 Å². The van der Waals surface area contributed by atoms with Crippen molar-refractivity contribution in [2.75, 3.05) is 20.8 Å². The van der Waals surface area contributed by atoms with Gasteiger partial charge in [-0.1, -0.05) is 25.4 Å². The lowest BCUT2D eigenvalue weighted by Crippen LogP contribution is -2.27. The van der Waals surface area contributed by atoms with E-state index in [-0.39, 0.29) is 5.91 Å². The van der Waals surface area contributed by atoms with Crippen molar-refractivity contribution in [3.05, 3.63) is 59.2 Å². The number of amides is 1. The van der Waals surface area contributed by atoms with Gasteiger partial charge < -0.3 is 14.8 Å². The number of hydrogen-bond acceptors (Lipinski definition) is 4. The van der Waals surface area contributed by atoms with Gasteiger partial charge in [-0.2, -0.15) is 5.10 Å². The third-order valence-electron chi connectivity index (χ3n) is 4.71. The number of carbonyl (C=O) groups is 1. The molecule has 158 valence electrons. The van der Waals surface area contributed by atoms with Gasteiger partial charge in [0, 0.05) is 23.2 Å². The smallest absolute Gasteiger partial charge is 0.270 e. The molecule has 0 radical (unpaired) electrons. The number of halogens is 1. The molecule has 1 N–H and O–H groups in total. The number of nitrogens with one attached hydrogen (secondary N) is 1. The van der Waals surface area contributed by atoms with Crippen LogP contribution in [0.2, 0.25) is 5.02 Å². The monoisotopic (exact) mass is 427 g/mol. The van der Waals surface area contributed by atoms with Crippen LogP contribution in [0.3, 0.4) is 0 Å². The van der Waals surface area contributed by atoms with Crippen LogP contribution in [0.1, 0.15) is 30.8 Å². The maximum Gasteiger partial charge on any atom is 0.270 e. The molecule has 2 aromatic carbocycles. The molecule has 0 aliphatic heterocycles. The minimum atomic E-state index is -0.183. The van der Waals surface area contributed by atoms with Gasteiger partial charge in [0.1, 0.15) is 17.2 Å². The summed E-state index contributed by atoms with van der Waals surface area (Å²) in [6.45, 7) is 4.85. The number of methoxy groups -OCH3 is 2.